The summed E-state index contributed by atoms with van der Waals surface area (Å²) < 4.78 is 0. The normalized spacial score (nSPS) is 16.9. The second-order valence-electron chi connectivity index (χ2n) is 6.48. The number of hydrogen-bond acceptors (Lipinski definition) is 2. The van der Waals surface area contributed by atoms with Gasteiger partial charge in [-0.1, -0.05) is 19.3 Å². The molecule has 0 heterocycles. The molecule has 1 aliphatic carbocycles. The molecule has 5 heteroatoms. The van der Waals surface area contributed by atoms with Gasteiger partial charge in [-0.05, 0) is 26.7 Å². The van der Waals surface area contributed by atoms with Crippen LogP contribution in [-0.2, 0) is 9.59 Å². The van der Waals surface area contributed by atoms with Gasteiger partial charge in [-0.3, -0.25) is 9.59 Å². The van der Waals surface area contributed by atoms with E-state index >= 15 is 0 Å². The van der Waals surface area contributed by atoms with Gasteiger partial charge in [-0.2, -0.15) is 0 Å². The van der Waals surface area contributed by atoms with E-state index < -0.39 is 5.41 Å². The van der Waals surface area contributed by atoms with Crippen LogP contribution in [0, 0.1) is 5.41 Å². The Hall–Kier alpha value is -0.770. The van der Waals surface area contributed by atoms with Gasteiger partial charge in [0.25, 0.3) is 0 Å². The molecule has 116 valence electrons. The summed E-state index contributed by atoms with van der Waals surface area (Å²) in [5.74, 6) is 0.180. The second-order valence-corrected chi connectivity index (χ2v) is 6.74. The molecular weight excluding hydrogens is 276 g/mol. The molecule has 0 saturated heterocycles. The number of nitrogens with zero attached hydrogens (tertiary/aromatic N) is 2. The minimum Gasteiger partial charge on any atom is -0.341 e. The van der Waals surface area contributed by atoms with Gasteiger partial charge in [0, 0.05) is 26.0 Å². The third-order valence-corrected chi connectivity index (χ3v) is 4.82. The van der Waals surface area contributed by atoms with Gasteiger partial charge >= 0.3 is 0 Å². The highest BCUT2D eigenvalue weighted by atomic mass is 35.5. The fraction of sp³-hybridized carbons (Fsp3) is 0.867. The largest absolute Gasteiger partial charge is 0.341 e. The van der Waals surface area contributed by atoms with Crippen molar-refractivity contribution < 1.29 is 9.59 Å². The predicted octanol–water partition coefficient (Wildman–Crippen LogP) is 2.50. The van der Waals surface area contributed by atoms with Crippen LogP contribution in [0.4, 0.5) is 0 Å². The molecule has 0 aromatic carbocycles. The number of hydrogen-bond donors (Lipinski definition) is 0. The molecule has 1 rings (SSSR count). The average molecular weight is 303 g/mol. The van der Waals surface area contributed by atoms with Crippen molar-refractivity contribution in [2.45, 2.75) is 52.0 Å². The molecule has 0 radical (unpaired) electrons. The van der Waals surface area contributed by atoms with Crippen LogP contribution < -0.4 is 0 Å². The van der Waals surface area contributed by atoms with Crippen molar-refractivity contribution in [3.63, 3.8) is 0 Å². The van der Waals surface area contributed by atoms with E-state index in [1.54, 1.807) is 20.9 Å². The summed E-state index contributed by atoms with van der Waals surface area (Å²) in [7, 11) is 3.52. The van der Waals surface area contributed by atoms with Gasteiger partial charge in [0.15, 0.2) is 0 Å². The lowest BCUT2D eigenvalue weighted by Gasteiger charge is -2.33. The van der Waals surface area contributed by atoms with Crippen molar-refractivity contribution in [3.05, 3.63) is 0 Å². The first-order chi connectivity index (χ1) is 9.29. The zero-order valence-corrected chi connectivity index (χ0v) is 13.9. The average Bonchev–Trinajstić information content (AvgIpc) is 2.46. The molecule has 1 saturated carbocycles. The quantitative estimate of drug-likeness (QED) is 0.732. The minimum absolute atomic E-state index is 0.0122. The van der Waals surface area contributed by atoms with Gasteiger partial charge in [-0.15, -0.1) is 11.6 Å². The van der Waals surface area contributed by atoms with E-state index in [9.17, 15) is 9.59 Å². The highest BCUT2D eigenvalue weighted by Gasteiger charge is 2.31. The Labute approximate surface area is 127 Å². The maximum Gasteiger partial charge on any atom is 0.242 e. The predicted molar refractivity (Wildman–Crippen MR) is 81.8 cm³/mol. The fourth-order valence-corrected chi connectivity index (χ4v) is 2.75. The Balaban J connectivity index is 2.54. The van der Waals surface area contributed by atoms with Crippen molar-refractivity contribution in [1.29, 1.82) is 0 Å². The molecule has 20 heavy (non-hydrogen) atoms. The molecule has 4 nitrogen and oxygen atoms in total. The third-order valence-electron chi connectivity index (χ3n) is 4.15. The van der Waals surface area contributed by atoms with E-state index in [1.807, 2.05) is 11.9 Å². The Morgan fingerprint density at radius 2 is 1.70 bits per heavy atom. The smallest absolute Gasteiger partial charge is 0.242 e. The molecule has 0 atom stereocenters. The highest BCUT2D eigenvalue weighted by Crippen LogP contribution is 2.23. The number of likely N-dealkylation sites (N-methyl/N-ethyl adjacent to an activating group) is 2. The van der Waals surface area contributed by atoms with Crippen LogP contribution in [0.1, 0.15) is 46.0 Å². The van der Waals surface area contributed by atoms with Crippen molar-refractivity contribution >= 4 is 23.4 Å². The van der Waals surface area contributed by atoms with E-state index in [-0.39, 0.29) is 24.2 Å². The van der Waals surface area contributed by atoms with Crippen LogP contribution in [0.2, 0.25) is 0 Å². The van der Waals surface area contributed by atoms with Crippen LogP contribution in [0.5, 0.6) is 0 Å². The summed E-state index contributed by atoms with van der Waals surface area (Å²) in [6.07, 6.45) is 5.80. The van der Waals surface area contributed by atoms with Crippen molar-refractivity contribution in [3.8, 4) is 0 Å². The summed E-state index contributed by atoms with van der Waals surface area (Å²) in [5, 5.41) is 0. The molecule has 1 aliphatic rings. The first-order valence-electron chi connectivity index (χ1n) is 7.37. The summed E-state index contributed by atoms with van der Waals surface area (Å²) in [6, 6.07) is 0.334. The van der Waals surface area contributed by atoms with Gasteiger partial charge in [-0.25, -0.2) is 0 Å². The van der Waals surface area contributed by atoms with E-state index in [0.717, 1.165) is 12.8 Å². The van der Waals surface area contributed by atoms with Gasteiger partial charge in [0.1, 0.15) is 0 Å². The first-order valence-corrected chi connectivity index (χ1v) is 7.90. The fourth-order valence-electron chi connectivity index (χ4n) is 2.63. The SMILES string of the molecule is CN(CC(=O)N(C)C1CCCCC1)C(=O)C(C)(C)CCl. The van der Waals surface area contributed by atoms with Crippen molar-refractivity contribution in [2.24, 2.45) is 5.41 Å². The van der Waals surface area contributed by atoms with Crippen LogP contribution in [0.3, 0.4) is 0 Å². The molecule has 0 aliphatic heterocycles. The van der Waals surface area contributed by atoms with Gasteiger partial charge in [0.05, 0.1) is 12.0 Å². The summed E-state index contributed by atoms with van der Waals surface area (Å²) in [5.41, 5.74) is -0.625. The van der Waals surface area contributed by atoms with Crippen LogP contribution in [-0.4, -0.2) is 54.2 Å². The molecule has 0 aromatic heterocycles. The van der Waals surface area contributed by atoms with E-state index in [2.05, 4.69) is 0 Å². The van der Waals surface area contributed by atoms with E-state index in [0.29, 0.717) is 6.04 Å². The molecule has 0 spiro atoms. The number of carbonyl (C=O) groups excluding carboxylic acids is 2. The molecule has 0 aromatic rings. The number of amides is 2. The maximum absolute atomic E-state index is 12.3. The monoisotopic (exact) mass is 302 g/mol. The van der Waals surface area contributed by atoms with E-state index in [1.165, 1.54) is 24.2 Å². The van der Waals surface area contributed by atoms with Crippen molar-refractivity contribution in [1.82, 2.24) is 9.80 Å². The molecule has 2 amide bonds. The zero-order valence-electron chi connectivity index (χ0n) is 13.1. The van der Waals surface area contributed by atoms with Crippen LogP contribution in [0.15, 0.2) is 0 Å². The maximum atomic E-state index is 12.3. The zero-order chi connectivity index (χ0) is 15.3. The lowest BCUT2D eigenvalue weighted by atomic mass is 9.94. The number of carbonyl (C=O) groups is 2. The molecular formula is C15H27ClN2O2. The highest BCUT2D eigenvalue weighted by molar-refractivity contribution is 6.19. The van der Waals surface area contributed by atoms with Crippen LogP contribution >= 0.6 is 11.6 Å². The molecule has 0 unspecified atom stereocenters. The Kier molecular flexibility index (Phi) is 6.31. The first kappa shape index (κ1) is 17.3. The summed E-state index contributed by atoms with van der Waals surface area (Å²) >= 11 is 5.81. The van der Waals surface area contributed by atoms with Gasteiger partial charge in [0.2, 0.25) is 11.8 Å². The second kappa shape index (κ2) is 7.30. The molecule has 1 fully saturated rings. The Morgan fingerprint density at radius 3 is 2.20 bits per heavy atom. The Bertz CT molecular complexity index is 352. The van der Waals surface area contributed by atoms with Crippen molar-refractivity contribution in [2.75, 3.05) is 26.5 Å². The lowest BCUT2D eigenvalue weighted by Crippen LogP contribution is -2.47. The molecule has 0 N–H and O–H groups in total. The number of rotatable bonds is 5. The third kappa shape index (κ3) is 4.37. The Morgan fingerprint density at radius 1 is 1.15 bits per heavy atom. The summed E-state index contributed by atoms with van der Waals surface area (Å²) in [4.78, 5) is 27.8. The standard InChI is InChI=1S/C15H27ClN2O2/c1-15(2,11-16)14(20)17(3)10-13(19)18(4)12-8-6-5-7-9-12/h12H,5-11H2,1-4H3. The van der Waals surface area contributed by atoms with Gasteiger partial charge < -0.3 is 9.80 Å². The number of halogens is 1. The minimum atomic E-state index is -0.625. The molecule has 0 bridgehead atoms. The summed E-state index contributed by atoms with van der Waals surface area (Å²) in [6.45, 7) is 3.73. The topological polar surface area (TPSA) is 40.6 Å². The number of alkyl halides is 1. The van der Waals surface area contributed by atoms with E-state index in [4.69, 9.17) is 11.6 Å². The van der Waals surface area contributed by atoms with Crippen LogP contribution in [0.25, 0.3) is 0 Å². The lowest BCUT2D eigenvalue weighted by molar-refractivity contribution is -0.144.